The first kappa shape index (κ1) is 13.3. The fourth-order valence-electron chi connectivity index (χ4n) is 3.00. The molecule has 2 aliphatic rings. The predicted molar refractivity (Wildman–Crippen MR) is 86.8 cm³/mol. The second kappa shape index (κ2) is 5.11. The number of ketones is 2. The van der Waals surface area contributed by atoms with E-state index in [0.717, 1.165) is 20.9 Å². The van der Waals surface area contributed by atoms with Crippen molar-refractivity contribution >= 4 is 23.3 Å². The minimum absolute atomic E-state index is 0.171. The van der Waals surface area contributed by atoms with Crippen LogP contribution < -0.4 is 0 Å². The molecule has 0 saturated heterocycles. The average Bonchev–Trinajstić information content (AvgIpc) is 2.57. The Morgan fingerprint density at radius 1 is 0.818 bits per heavy atom. The molecular formula is C19H12O2S. The zero-order valence-corrected chi connectivity index (χ0v) is 12.5. The quantitative estimate of drug-likeness (QED) is 0.592. The van der Waals surface area contributed by atoms with Crippen molar-refractivity contribution in [2.45, 2.75) is 10.8 Å². The predicted octanol–water partition coefficient (Wildman–Crippen LogP) is 3.89. The van der Waals surface area contributed by atoms with Crippen molar-refractivity contribution < 1.29 is 9.59 Å². The van der Waals surface area contributed by atoms with Gasteiger partial charge in [-0.2, -0.15) is 0 Å². The summed E-state index contributed by atoms with van der Waals surface area (Å²) in [6, 6.07) is 18.0. The maximum Gasteiger partial charge on any atom is 0.230 e. The van der Waals surface area contributed by atoms with Gasteiger partial charge in [0.15, 0.2) is 0 Å². The molecule has 1 aliphatic carbocycles. The molecule has 2 aromatic rings. The molecule has 22 heavy (non-hydrogen) atoms. The van der Waals surface area contributed by atoms with Gasteiger partial charge >= 0.3 is 0 Å². The summed E-state index contributed by atoms with van der Waals surface area (Å²) in [5.74, 6) is -0.983. The number of allylic oxidation sites excluding steroid dienone is 3. The standard InChI is InChI=1S/C19H12O2S/c20-14-10-11-16-18(19(14)21)17(12-6-2-1-3-7-12)13-8-4-5-9-15(13)22-16/h1-11,17H. The van der Waals surface area contributed by atoms with Crippen LogP contribution in [-0.4, -0.2) is 11.6 Å². The molecule has 1 unspecified atom stereocenters. The second-order valence-electron chi connectivity index (χ2n) is 5.29. The third-order valence-corrected chi connectivity index (χ3v) is 5.16. The van der Waals surface area contributed by atoms with Crippen LogP contribution in [0, 0.1) is 0 Å². The third-order valence-electron chi connectivity index (χ3n) is 3.99. The Balaban J connectivity index is 1.98. The van der Waals surface area contributed by atoms with Crippen molar-refractivity contribution in [2.24, 2.45) is 0 Å². The molecule has 2 aromatic carbocycles. The normalized spacial score (nSPS) is 19.9. The first-order chi connectivity index (χ1) is 10.8. The van der Waals surface area contributed by atoms with Crippen LogP contribution in [0.15, 0.2) is 82.1 Å². The van der Waals surface area contributed by atoms with Crippen molar-refractivity contribution in [1.82, 2.24) is 0 Å². The summed E-state index contributed by atoms with van der Waals surface area (Å²) in [6.07, 6.45) is 3.15. The highest BCUT2D eigenvalue weighted by atomic mass is 32.2. The molecule has 0 saturated carbocycles. The summed E-state index contributed by atoms with van der Waals surface area (Å²) in [5.41, 5.74) is 2.75. The zero-order chi connectivity index (χ0) is 15.1. The molecule has 0 fully saturated rings. The van der Waals surface area contributed by atoms with Gasteiger partial charge in [0.2, 0.25) is 11.6 Å². The minimum Gasteiger partial charge on any atom is -0.286 e. The molecule has 0 N–H and O–H groups in total. The SMILES string of the molecule is O=C1C=CC2=C(C1=O)C(c1ccccc1)c1ccccc1S2. The third kappa shape index (κ3) is 1.97. The summed E-state index contributed by atoms with van der Waals surface area (Å²) >= 11 is 1.56. The zero-order valence-electron chi connectivity index (χ0n) is 11.7. The lowest BCUT2D eigenvalue weighted by Gasteiger charge is -2.30. The van der Waals surface area contributed by atoms with Gasteiger partial charge in [-0.15, -0.1) is 0 Å². The molecule has 2 nitrogen and oxygen atoms in total. The van der Waals surface area contributed by atoms with Gasteiger partial charge in [0.1, 0.15) is 0 Å². The number of thioether (sulfide) groups is 1. The van der Waals surface area contributed by atoms with E-state index in [0.29, 0.717) is 5.57 Å². The van der Waals surface area contributed by atoms with E-state index in [4.69, 9.17) is 0 Å². The van der Waals surface area contributed by atoms with E-state index in [-0.39, 0.29) is 11.7 Å². The molecule has 3 heteroatoms. The lowest BCUT2D eigenvalue weighted by Crippen LogP contribution is -2.25. The van der Waals surface area contributed by atoms with Gasteiger partial charge in [0, 0.05) is 21.3 Å². The van der Waals surface area contributed by atoms with Crippen LogP contribution in [0.3, 0.4) is 0 Å². The number of fused-ring (bicyclic) bond motifs is 1. The van der Waals surface area contributed by atoms with Crippen LogP contribution in [0.2, 0.25) is 0 Å². The van der Waals surface area contributed by atoms with Crippen LogP contribution in [0.25, 0.3) is 0 Å². The summed E-state index contributed by atoms with van der Waals surface area (Å²) in [7, 11) is 0. The van der Waals surface area contributed by atoms with Crippen LogP contribution in [0.4, 0.5) is 0 Å². The first-order valence-corrected chi connectivity index (χ1v) is 7.90. The Labute approximate surface area is 132 Å². The molecule has 106 valence electrons. The number of Topliss-reactive ketones (excluding diaryl/α,β-unsaturated/α-hetero) is 1. The lowest BCUT2D eigenvalue weighted by molar-refractivity contribution is -0.131. The monoisotopic (exact) mass is 304 g/mol. The van der Waals surface area contributed by atoms with E-state index in [1.807, 2.05) is 48.5 Å². The lowest BCUT2D eigenvalue weighted by atomic mass is 9.80. The number of hydrogen-bond acceptors (Lipinski definition) is 3. The molecule has 1 heterocycles. The summed E-state index contributed by atoms with van der Waals surface area (Å²) in [6.45, 7) is 0. The smallest absolute Gasteiger partial charge is 0.230 e. The Morgan fingerprint density at radius 3 is 2.36 bits per heavy atom. The summed E-state index contributed by atoms with van der Waals surface area (Å²) in [5, 5.41) is 0. The second-order valence-corrected chi connectivity index (χ2v) is 6.37. The van der Waals surface area contributed by atoms with Gasteiger partial charge in [-0.1, -0.05) is 60.3 Å². The fraction of sp³-hybridized carbons (Fsp3) is 0.0526. The molecule has 0 amide bonds. The molecule has 1 atom stereocenters. The molecule has 0 spiro atoms. The van der Waals surface area contributed by atoms with Crippen LogP contribution >= 0.6 is 11.8 Å². The highest BCUT2D eigenvalue weighted by molar-refractivity contribution is 8.03. The van der Waals surface area contributed by atoms with Gasteiger partial charge < -0.3 is 0 Å². The Kier molecular flexibility index (Phi) is 3.09. The molecule has 0 bridgehead atoms. The fourth-order valence-corrected chi connectivity index (χ4v) is 4.15. The van der Waals surface area contributed by atoms with Gasteiger partial charge in [0.05, 0.1) is 0 Å². The van der Waals surface area contributed by atoms with E-state index < -0.39 is 5.78 Å². The maximum atomic E-state index is 12.5. The Bertz CT molecular complexity index is 847. The van der Waals surface area contributed by atoms with Crippen LogP contribution in [0.1, 0.15) is 17.0 Å². The number of benzene rings is 2. The van der Waals surface area contributed by atoms with Crippen molar-refractivity contribution in [3.63, 3.8) is 0 Å². The minimum atomic E-state index is -0.431. The topological polar surface area (TPSA) is 34.1 Å². The first-order valence-electron chi connectivity index (χ1n) is 7.08. The van der Waals surface area contributed by atoms with E-state index in [2.05, 4.69) is 6.07 Å². The van der Waals surface area contributed by atoms with E-state index in [9.17, 15) is 9.59 Å². The van der Waals surface area contributed by atoms with E-state index in [1.54, 1.807) is 17.8 Å². The van der Waals surface area contributed by atoms with Gasteiger partial charge in [-0.3, -0.25) is 9.59 Å². The summed E-state index contributed by atoms with van der Waals surface area (Å²) in [4.78, 5) is 26.4. The molecule has 4 rings (SSSR count). The van der Waals surface area contributed by atoms with Gasteiger partial charge in [-0.25, -0.2) is 0 Å². The molecule has 0 radical (unpaired) electrons. The van der Waals surface area contributed by atoms with E-state index >= 15 is 0 Å². The summed E-state index contributed by atoms with van der Waals surface area (Å²) < 4.78 is 0. The number of carbonyl (C=O) groups is 2. The van der Waals surface area contributed by atoms with Crippen molar-refractivity contribution in [2.75, 3.05) is 0 Å². The number of hydrogen-bond donors (Lipinski definition) is 0. The molecule has 1 aliphatic heterocycles. The van der Waals surface area contributed by atoms with E-state index in [1.165, 1.54) is 6.08 Å². The maximum absolute atomic E-state index is 12.5. The van der Waals surface area contributed by atoms with Crippen molar-refractivity contribution in [3.05, 3.63) is 88.4 Å². The highest BCUT2D eigenvalue weighted by Gasteiger charge is 2.36. The Morgan fingerprint density at radius 2 is 1.55 bits per heavy atom. The highest BCUT2D eigenvalue weighted by Crippen LogP contribution is 2.49. The largest absolute Gasteiger partial charge is 0.286 e. The van der Waals surface area contributed by atoms with Crippen molar-refractivity contribution in [3.8, 4) is 0 Å². The molecule has 0 aromatic heterocycles. The average molecular weight is 304 g/mol. The van der Waals surface area contributed by atoms with Crippen molar-refractivity contribution in [1.29, 1.82) is 0 Å². The Hall–Kier alpha value is -2.39. The molecular weight excluding hydrogens is 292 g/mol. The number of rotatable bonds is 1. The number of carbonyl (C=O) groups excluding carboxylic acids is 2. The van der Waals surface area contributed by atoms with Crippen LogP contribution in [-0.2, 0) is 9.59 Å². The van der Waals surface area contributed by atoms with Gasteiger partial charge in [-0.05, 0) is 29.3 Å². The van der Waals surface area contributed by atoms with Crippen LogP contribution in [0.5, 0.6) is 0 Å². The van der Waals surface area contributed by atoms with Gasteiger partial charge in [0.25, 0.3) is 0 Å².